The zero-order valence-electron chi connectivity index (χ0n) is 8.97. The monoisotopic (exact) mass is 268 g/mol. The van der Waals surface area contributed by atoms with Crippen molar-refractivity contribution in [3.05, 3.63) is 18.2 Å². The average molecular weight is 268 g/mol. The van der Waals surface area contributed by atoms with Crippen LogP contribution in [-0.2, 0) is 9.61 Å². The molecule has 0 heterocycles. The van der Waals surface area contributed by atoms with Crippen molar-refractivity contribution in [2.24, 2.45) is 0 Å². The molecule has 0 radical (unpaired) electrons. The third-order valence-corrected chi connectivity index (χ3v) is 1.88. The summed E-state index contributed by atoms with van der Waals surface area (Å²) >= 11 is 0. The first-order valence-corrected chi connectivity index (χ1v) is 4.45. The summed E-state index contributed by atoms with van der Waals surface area (Å²) in [4.78, 5) is 7.51. The van der Waals surface area contributed by atoms with E-state index in [1.165, 1.54) is 7.11 Å². The van der Waals surface area contributed by atoms with Crippen molar-refractivity contribution >= 4 is 12.6 Å². The molecule has 0 aliphatic heterocycles. The molecule has 1 aromatic rings. The predicted molar refractivity (Wildman–Crippen MR) is 52.5 cm³/mol. The van der Waals surface area contributed by atoms with Crippen LogP contribution in [-0.4, -0.2) is 31.1 Å². The minimum atomic E-state index is -4.84. The maximum atomic E-state index is 12.0. The van der Waals surface area contributed by atoms with Crippen molar-refractivity contribution in [3.63, 3.8) is 0 Å². The second-order valence-corrected chi connectivity index (χ2v) is 2.99. The summed E-state index contributed by atoms with van der Waals surface area (Å²) in [6.07, 6.45) is -4.84. The number of benzene rings is 1. The molecule has 1 aromatic carbocycles. The van der Waals surface area contributed by atoms with Crippen LogP contribution >= 0.6 is 0 Å². The Hall–Kier alpha value is -1.49. The molecule has 0 saturated heterocycles. The van der Waals surface area contributed by atoms with E-state index in [1.54, 1.807) is 0 Å². The lowest BCUT2D eigenvalue weighted by Gasteiger charge is -2.13. The van der Waals surface area contributed by atoms with E-state index in [4.69, 9.17) is 15.3 Å². The van der Waals surface area contributed by atoms with E-state index in [0.29, 0.717) is 0 Å². The highest BCUT2D eigenvalue weighted by atomic mass is 19.4. The summed E-state index contributed by atoms with van der Waals surface area (Å²) in [5, 5.41) is 16.8. The van der Waals surface area contributed by atoms with Crippen LogP contribution in [0.5, 0.6) is 11.5 Å². The van der Waals surface area contributed by atoms with E-state index in [1.807, 2.05) is 0 Å². The number of ether oxygens (including phenoxy) is 2. The molecule has 18 heavy (non-hydrogen) atoms. The van der Waals surface area contributed by atoms with Crippen LogP contribution in [0.1, 0.15) is 0 Å². The lowest BCUT2D eigenvalue weighted by molar-refractivity contribution is -0.274. The minimum Gasteiger partial charge on any atom is -0.497 e. The minimum absolute atomic E-state index is 0.0305. The molecule has 0 saturated carbocycles. The van der Waals surface area contributed by atoms with E-state index in [-0.39, 0.29) is 11.2 Å². The van der Waals surface area contributed by atoms with Gasteiger partial charge in [0.15, 0.2) is 0 Å². The molecule has 2 N–H and O–H groups in total. The van der Waals surface area contributed by atoms with E-state index >= 15 is 0 Å². The molecule has 0 spiro atoms. The Labute approximate surface area is 99.5 Å². The topological polar surface area (TPSA) is 77.4 Å². The lowest BCUT2D eigenvalue weighted by Crippen LogP contribution is -2.36. The van der Waals surface area contributed by atoms with Crippen LogP contribution < -0.4 is 14.9 Å². The fourth-order valence-electron chi connectivity index (χ4n) is 1.22. The standard InChI is InChI=1S/C8H8BF3O6/c1-15-7-4-5(16-8(10,11)12)2-3-6(7)9(17-13)18-14/h2-4,13-14H,1H3. The van der Waals surface area contributed by atoms with Crippen LogP contribution in [0.4, 0.5) is 13.2 Å². The van der Waals surface area contributed by atoms with Crippen molar-refractivity contribution in [1.82, 2.24) is 0 Å². The Balaban J connectivity index is 3.03. The van der Waals surface area contributed by atoms with Gasteiger partial charge in [-0.05, 0) is 6.07 Å². The second kappa shape index (κ2) is 5.91. The number of methoxy groups -OCH3 is 1. The molecule has 0 aromatic heterocycles. The Morgan fingerprint density at radius 1 is 1.17 bits per heavy atom. The quantitative estimate of drug-likeness (QED) is 0.475. The van der Waals surface area contributed by atoms with Crippen molar-refractivity contribution in [3.8, 4) is 11.5 Å². The SMILES string of the molecule is COc1cc(OC(F)(F)F)ccc1B(OO)OO. The zero-order valence-corrected chi connectivity index (χ0v) is 8.97. The van der Waals surface area contributed by atoms with Crippen molar-refractivity contribution in [2.45, 2.75) is 6.36 Å². The lowest BCUT2D eigenvalue weighted by atomic mass is 9.79. The Morgan fingerprint density at radius 2 is 1.78 bits per heavy atom. The Kier molecular flexibility index (Phi) is 4.79. The highest BCUT2D eigenvalue weighted by Gasteiger charge is 2.32. The van der Waals surface area contributed by atoms with Gasteiger partial charge in [-0.3, -0.25) is 20.1 Å². The van der Waals surface area contributed by atoms with Crippen LogP contribution in [0.25, 0.3) is 0 Å². The fourth-order valence-corrected chi connectivity index (χ4v) is 1.22. The van der Waals surface area contributed by atoms with Gasteiger partial charge in [-0.25, -0.2) is 0 Å². The molecule has 6 nitrogen and oxygen atoms in total. The van der Waals surface area contributed by atoms with Gasteiger partial charge >= 0.3 is 13.5 Å². The largest absolute Gasteiger partial charge is 0.573 e. The van der Waals surface area contributed by atoms with Crippen LogP contribution in [0.15, 0.2) is 18.2 Å². The van der Waals surface area contributed by atoms with Crippen molar-refractivity contribution in [1.29, 1.82) is 0 Å². The summed E-state index contributed by atoms with van der Waals surface area (Å²) in [7, 11) is -0.443. The summed E-state index contributed by atoms with van der Waals surface area (Å²) in [6, 6.07) is 2.90. The van der Waals surface area contributed by atoms with Gasteiger partial charge < -0.3 is 9.47 Å². The Morgan fingerprint density at radius 3 is 2.22 bits per heavy atom. The van der Waals surface area contributed by atoms with Crippen molar-refractivity contribution < 1.29 is 42.8 Å². The number of halogens is 3. The number of alkyl halides is 3. The van der Waals surface area contributed by atoms with E-state index in [9.17, 15) is 13.2 Å². The third kappa shape index (κ3) is 3.77. The first kappa shape index (κ1) is 14.6. The van der Waals surface area contributed by atoms with E-state index in [2.05, 4.69) is 14.3 Å². The van der Waals surface area contributed by atoms with E-state index < -0.39 is 19.2 Å². The normalized spacial score (nSPS) is 11.2. The number of hydrogen-bond donors (Lipinski definition) is 2. The summed E-state index contributed by atoms with van der Waals surface area (Å²) in [6.45, 7) is 0. The molecule has 10 heteroatoms. The van der Waals surface area contributed by atoms with Gasteiger partial charge in [-0.1, -0.05) is 6.07 Å². The van der Waals surface area contributed by atoms with Gasteiger partial charge in [0.2, 0.25) is 0 Å². The highest BCUT2D eigenvalue weighted by Crippen LogP contribution is 2.25. The molecule has 0 amide bonds. The molecule has 100 valence electrons. The first-order chi connectivity index (χ1) is 8.41. The molecule has 0 atom stereocenters. The molecule has 0 aliphatic carbocycles. The highest BCUT2D eigenvalue weighted by molar-refractivity contribution is 6.61. The smallest absolute Gasteiger partial charge is 0.497 e. The van der Waals surface area contributed by atoms with Crippen LogP contribution in [0.3, 0.4) is 0 Å². The molecule has 1 rings (SSSR count). The van der Waals surface area contributed by atoms with Crippen molar-refractivity contribution in [2.75, 3.05) is 7.11 Å². The van der Waals surface area contributed by atoms with Gasteiger partial charge in [-0.2, -0.15) is 0 Å². The van der Waals surface area contributed by atoms with Gasteiger partial charge in [0.25, 0.3) is 0 Å². The van der Waals surface area contributed by atoms with Gasteiger partial charge in [0.05, 0.1) is 7.11 Å². The molecule has 0 aliphatic rings. The molecular formula is C8H8BF3O6. The average Bonchev–Trinajstić information content (AvgIpc) is 2.30. The third-order valence-electron chi connectivity index (χ3n) is 1.88. The van der Waals surface area contributed by atoms with Crippen LogP contribution in [0.2, 0.25) is 0 Å². The summed E-state index contributed by atoms with van der Waals surface area (Å²) in [5.74, 6) is -0.664. The van der Waals surface area contributed by atoms with Gasteiger partial charge in [0, 0.05) is 11.5 Å². The first-order valence-electron chi connectivity index (χ1n) is 4.45. The zero-order chi connectivity index (χ0) is 13.8. The Bertz CT molecular complexity index is 395. The predicted octanol–water partition coefficient (Wildman–Crippen LogP) is 1.27. The maximum absolute atomic E-state index is 12.0. The molecule has 0 unspecified atom stereocenters. The molecule has 0 fully saturated rings. The fraction of sp³-hybridized carbons (Fsp3) is 0.250. The van der Waals surface area contributed by atoms with Crippen LogP contribution in [0, 0.1) is 0 Å². The number of rotatable bonds is 5. The summed E-state index contributed by atoms with van der Waals surface area (Å²) < 4.78 is 44.3. The molecular weight excluding hydrogens is 260 g/mol. The number of hydrogen-bond acceptors (Lipinski definition) is 6. The molecule has 0 bridgehead atoms. The maximum Gasteiger partial charge on any atom is 0.573 e. The summed E-state index contributed by atoms with van der Waals surface area (Å²) in [5.41, 5.74) is -0.0305. The van der Waals surface area contributed by atoms with Gasteiger partial charge in [-0.15, -0.1) is 13.2 Å². The van der Waals surface area contributed by atoms with E-state index in [0.717, 1.165) is 18.2 Å². The second-order valence-electron chi connectivity index (χ2n) is 2.99. The van der Waals surface area contributed by atoms with Gasteiger partial charge in [0.1, 0.15) is 11.5 Å².